The second kappa shape index (κ2) is 10.4. The normalized spacial score (nSPS) is 16.2. The van der Waals surface area contributed by atoms with Gasteiger partial charge in [-0.2, -0.15) is 5.26 Å². The van der Waals surface area contributed by atoms with E-state index in [0.29, 0.717) is 5.56 Å². The van der Waals surface area contributed by atoms with Gasteiger partial charge in [0.25, 0.3) is 0 Å². The maximum absolute atomic E-state index is 13.0. The summed E-state index contributed by atoms with van der Waals surface area (Å²) in [6.07, 6.45) is 5.48. The summed E-state index contributed by atoms with van der Waals surface area (Å²) in [4.78, 5) is 14.9. The molecule has 1 unspecified atom stereocenters. The number of halogens is 2. The number of piperidine rings is 1. The van der Waals surface area contributed by atoms with Crippen molar-refractivity contribution in [2.75, 3.05) is 19.6 Å². The molecular formula is C22H27ClFN3O. The van der Waals surface area contributed by atoms with E-state index in [1.807, 2.05) is 29.9 Å². The van der Waals surface area contributed by atoms with Crippen molar-refractivity contribution in [2.24, 2.45) is 13.0 Å². The molecule has 1 saturated heterocycles. The lowest BCUT2D eigenvalue weighted by Gasteiger charge is -2.31. The summed E-state index contributed by atoms with van der Waals surface area (Å²) in [7, 11) is 1.97. The average Bonchev–Trinajstić information content (AvgIpc) is 3.11. The largest absolute Gasteiger partial charge is 0.353 e. The Morgan fingerprint density at radius 3 is 2.50 bits per heavy atom. The van der Waals surface area contributed by atoms with Crippen LogP contribution >= 0.6 is 12.4 Å². The van der Waals surface area contributed by atoms with E-state index in [4.69, 9.17) is 0 Å². The van der Waals surface area contributed by atoms with E-state index < -0.39 is 0 Å². The van der Waals surface area contributed by atoms with Gasteiger partial charge in [0, 0.05) is 30.4 Å². The molecule has 1 atom stereocenters. The van der Waals surface area contributed by atoms with Crippen LogP contribution in [0.5, 0.6) is 0 Å². The number of hydrogen-bond donors (Lipinski definition) is 0. The van der Waals surface area contributed by atoms with Crippen molar-refractivity contribution in [3.63, 3.8) is 0 Å². The predicted molar refractivity (Wildman–Crippen MR) is 110 cm³/mol. The highest BCUT2D eigenvalue weighted by Crippen LogP contribution is 2.24. The molecular weight excluding hydrogens is 377 g/mol. The minimum atomic E-state index is -0.313. The number of carbonyl (C=O) groups is 1. The lowest BCUT2D eigenvalue weighted by molar-refractivity contribution is 0.0838. The fourth-order valence-electron chi connectivity index (χ4n) is 3.90. The van der Waals surface area contributed by atoms with Crippen molar-refractivity contribution >= 4 is 18.2 Å². The number of rotatable bonds is 7. The molecule has 1 aliphatic heterocycles. The van der Waals surface area contributed by atoms with Crippen molar-refractivity contribution in [1.82, 2.24) is 9.47 Å². The molecule has 1 aromatic heterocycles. The number of benzene rings is 1. The van der Waals surface area contributed by atoms with Gasteiger partial charge in [-0.3, -0.25) is 4.79 Å². The summed E-state index contributed by atoms with van der Waals surface area (Å²) < 4.78 is 15.0. The number of ketones is 1. The van der Waals surface area contributed by atoms with Gasteiger partial charge in [0.05, 0.1) is 12.0 Å². The highest BCUT2D eigenvalue weighted by molar-refractivity contribution is 5.97. The van der Waals surface area contributed by atoms with Crippen molar-refractivity contribution in [1.29, 1.82) is 5.26 Å². The second-order valence-electron chi connectivity index (χ2n) is 7.35. The number of aryl methyl sites for hydroxylation is 1. The molecule has 2 aromatic rings. The maximum atomic E-state index is 13.0. The minimum Gasteiger partial charge on any atom is -0.353 e. The van der Waals surface area contributed by atoms with E-state index >= 15 is 0 Å². The highest BCUT2D eigenvalue weighted by atomic mass is 35.5. The summed E-state index contributed by atoms with van der Waals surface area (Å²) in [5.74, 6) is -0.222. The smallest absolute Gasteiger partial charge is 0.166 e. The Bertz CT molecular complexity index is 804. The van der Waals surface area contributed by atoms with Gasteiger partial charge in [0.1, 0.15) is 5.82 Å². The first kappa shape index (κ1) is 22.1. The molecule has 1 aromatic carbocycles. The van der Waals surface area contributed by atoms with E-state index in [0.717, 1.165) is 51.0 Å². The number of hydrogen-bond acceptors (Lipinski definition) is 3. The zero-order valence-electron chi connectivity index (χ0n) is 16.2. The summed E-state index contributed by atoms with van der Waals surface area (Å²) >= 11 is 0. The van der Waals surface area contributed by atoms with Gasteiger partial charge >= 0.3 is 0 Å². The van der Waals surface area contributed by atoms with Gasteiger partial charge < -0.3 is 9.47 Å². The Morgan fingerprint density at radius 2 is 1.93 bits per heavy atom. The van der Waals surface area contributed by atoms with Crippen LogP contribution in [0.15, 0.2) is 42.6 Å². The first-order valence-electron chi connectivity index (χ1n) is 9.61. The Labute approximate surface area is 172 Å². The second-order valence-corrected chi connectivity index (χ2v) is 7.35. The molecule has 2 heterocycles. The summed E-state index contributed by atoms with van der Waals surface area (Å²) in [5, 5.41) is 9.44. The summed E-state index contributed by atoms with van der Waals surface area (Å²) in [5.41, 5.74) is 1.68. The summed E-state index contributed by atoms with van der Waals surface area (Å²) in [6, 6.07) is 12.3. The number of likely N-dealkylation sites (tertiary alicyclic amines) is 1. The van der Waals surface area contributed by atoms with Gasteiger partial charge in [-0.1, -0.05) is 0 Å². The lowest BCUT2D eigenvalue weighted by atomic mass is 9.88. The third-order valence-corrected chi connectivity index (χ3v) is 5.55. The van der Waals surface area contributed by atoms with Crippen LogP contribution in [0.1, 0.15) is 47.7 Å². The number of carbonyl (C=O) groups excluding carboxylic acids is 1. The first-order valence-corrected chi connectivity index (χ1v) is 9.61. The third-order valence-electron chi connectivity index (χ3n) is 5.55. The number of Topliss-reactive ketones (excluding diaryl/α,β-unsaturated/α-hetero) is 1. The Morgan fingerprint density at radius 1 is 1.25 bits per heavy atom. The molecule has 1 fully saturated rings. The van der Waals surface area contributed by atoms with Gasteiger partial charge in [-0.15, -0.1) is 12.4 Å². The van der Waals surface area contributed by atoms with Crippen molar-refractivity contribution in [2.45, 2.75) is 31.6 Å². The Hall–Kier alpha value is -2.16. The molecule has 0 spiro atoms. The molecule has 0 bridgehead atoms. The fourth-order valence-corrected chi connectivity index (χ4v) is 3.90. The van der Waals surface area contributed by atoms with Crippen LogP contribution < -0.4 is 0 Å². The molecule has 150 valence electrons. The van der Waals surface area contributed by atoms with Crippen LogP contribution in [0, 0.1) is 23.1 Å². The van der Waals surface area contributed by atoms with Gasteiger partial charge in [0.2, 0.25) is 0 Å². The van der Waals surface area contributed by atoms with Gasteiger partial charge in [0.15, 0.2) is 5.78 Å². The molecule has 4 nitrogen and oxygen atoms in total. The number of nitriles is 1. The van der Waals surface area contributed by atoms with Crippen molar-refractivity contribution in [3.8, 4) is 6.07 Å². The van der Waals surface area contributed by atoms with Crippen molar-refractivity contribution < 1.29 is 9.18 Å². The molecule has 6 heteroatoms. The topological polar surface area (TPSA) is 49.0 Å². The van der Waals surface area contributed by atoms with E-state index in [9.17, 15) is 14.4 Å². The Balaban J connectivity index is 0.00000280. The monoisotopic (exact) mass is 403 g/mol. The molecule has 0 N–H and O–H groups in total. The number of nitrogens with zero attached hydrogens (tertiary/aromatic N) is 3. The minimum absolute atomic E-state index is 0. The highest BCUT2D eigenvalue weighted by Gasteiger charge is 2.25. The zero-order chi connectivity index (χ0) is 19.2. The van der Waals surface area contributed by atoms with E-state index in [2.05, 4.69) is 11.0 Å². The lowest BCUT2D eigenvalue weighted by Crippen LogP contribution is -2.37. The van der Waals surface area contributed by atoms with E-state index in [-0.39, 0.29) is 35.8 Å². The molecule has 0 aliphatic carbocycles. The fraction of sp³-hybridized carbons (Fsp3) is 0.455. The molecule has 1 aliphatic rings. The molecule has 0 saturated carbocycles. The van der Waals surface area contributed by atoms with Crippen LogP contribution in [-0.2, 0) is 7.05 Å². The van der Waals surface area contributed by atoms with Gasteiger partial charge in [-0.05, 0) is 81.7 Å². The van der Waals surface area contributed by atoms with Crippen LogP contribution in [-0.4, -0.2) is 34.9 Å². The molecule has 28 heavy (non-hydrogen) atoms. The van der Waals surface area contributed by atoms with Crippen LogP contribution in [0.25, 0.3) is 0 Å². The Kier molecular flexibility index (Phi) is 8.22. The standard InChI is InChI=1S/C22H26FN3O.ClH/c1-25-12-3-5-21(25)19(16-24)4-2-13-26-14-10-18(11-15-26)22(27)17-6-8-20(23)9-7-17;/h3,5-9,12,18-19H,2,4,10-11,13-15H2,1H3;1H. The van der Waals surface area contributed by atoms with Crippen LogP contribution in [0.3, 0.4) is 0 Å². The summed E-state index contributed by atoms with van der Waals surface area (Å²) in [6.45, 7) is 2.76. The zero-order valence-corrected chi connectivity index (χ0v) is 17.0. The van der Waals surface area contributed by atoms with Crippen molar-refractivity contribution in [3.05, 3.63) is 59.7 Å². The number of aromatic nitrogens is 1. The van der Waals surface area contributed by atoms with Crippen LogP contribution in [0.4, 0.5) is 4.39 Å². The van der Waals surface area contributed by atoms with E-state index in [1.54, 1.807) is 12.1 Å². The van der Waals surface area contributed by atoms with E-state index in [1.165, 1.54) is 12.1 Å². The molecule has 0 radical (unpaired) electrons. The predicted octanol–water partition coefficient (Wildman–Crippen LogP) is 4.57. The van der Waals surface area contributed by atoms with Crippen LogP contribution in [0.2, 0.25) is 0 Å². The van der Waals surface area contributed by atoms with Gasteiger partial charge in [-0.25, -0.2) is 4.39 Å². The maximum Gasteiger partial charge on any atom is 0.166 e. The molecule has 3 rings (SSSR count). The third kappa shape index (κ3) is 5.43. The molecule has 0 amide bonds. The SMILES string of the molecule is Cl.Cn1cccc1C(C#N)CCCN1CCC(C(=O)c2ccc(F)cc2)CC1. The average molecular weight is 404 g/mol. The first-order chi connectivity index (χ1) is 13.1. The quantitative estimate of drug-likeness (QED) is 0.636.